The number of carbonyl (C=O) groups excluding carboxylic acids is 1. The van der Waals surface area contributed by atoms with Crippen LogP contribution in [0.4, 0.5) is 0 Å². The summed E-state index contributed by atoms with van der Waals surface area (Å²) in [6.07, 6.45) is 1.63. The third-order valence-electron chi connectivity index (χ3n) is 3.28. The number of nitrogens with one attached hydrogen (secondary N) is 1. The first kappa shape index (κ1) is 15.8. The highest BCUT2D eigenvalue weighted by atomic mass is 16.5. The highest BCUT2D eigenvalue weighted by molar-refractivity contribution is 5.84. The largest absolute Gasteiger partial charge is 0.483 e. The topological polar surface area (TPSA) is 50.7 Å². The van der Waals surface area contributed by atoms with Gasteiger partial charge in [0.05, 0.1) is 6.21 Å². The third kappa shape index (κ3) is 4.45. The van der Waals surface area contributed by atoms with E-state index in [0.717, 1.165) is 28.0 Å². The molecule has 2 rings (SSSR count). The van der Waals surface area contributed by atoms with Crippen molar-refractivity contribution in [1.29, 1.82) is 0 Å². The van der Waals surface area contributed by atoms with Crippen LogP contribution in [0.25, 0.3) is 0 Å². The van der Waals surface area contributed by atoms with Gasteiger partial charge in [0.2, 0.25) is 0 Å². The maximum atomic E-state index is 11.7. The van der Waals surface area contributed by atoms with Crippen LogP contribution in [0.3, 0.4) is 0 Å². The molecule has 22 heavy (non-hydrogen) atoms. The number of hydrazone groups is 1. The van der Waals surface area contributed by atoms with Crippen molar-refractivity contribution in [2.75, 3.05) is 6.61 Å². The number of carbonyl (C=O) groups is 1. The minimum Gasteiger partial charge on any atom is -0.483 e. The van der Waals surface area contributed by atoms with Crippen LogP contribution in [0.15, 0.2) is 47.6 Å². The van der Waals surface area contributed by atoms with E-state index in [-0.39, 0.29) is 12.5 Å². The molecule has 4 nitrogen and oxygen atoms in total. The molecule has 0 spiro atoms. The number of rotatable bonds is 5. The van der Waals surface area contributed by atoms with Gasteiger partial charge in [0.15, 0.2) is 6.61 Å². The van der Waals surface area contributed by atoms with Crippen molar-refractivity contribution in [3.63, 3.8) is 0 Å². The van der Waals surface area contributed by atoms with Gasteiger partial charge in [0.1, 0.15) is 5.75 Å². The summed E-state index contributed by atoms with van der Waals surface area (Å²) in [6, 6.07) is 13.7. The van der Waals surface area contributed by atoms with Crippen molar-refractivity contribution >= 4 is 12.1 Å². The smallest absolute Gasteiger partial charge is 0.277 e. The lowest BCUT2D eigenvalue weighted by Crippen LogP contribution is -2.24. The first-order chi connectivity index (χ1) is 10.6. The number of hydrogen-bond acceptors (Lipinski definition) is 3. The lowest BCUT2D eigenvalue weighted by molar-refractivity contribution is -0.123. The summed E-state index contributed by atoms with van der Waals surface area (Å²) in [6.45, 7) is 5.87. The minimum atomic E-state index is -0.286. The summed E-state index contributed by atoms with van der Waals surface area (Å²) < 4.78 is 5.52. The molecular weight excluding hydrogens is 276 g/mol. The molecule has 0 saturated carbocycles. The maximum absolute atomic E-state index is 11.7. The number of benzene rings is 2. The van der Waals surface area contributed by atoms with E-state index in [0.29, 0.717) is 0 Å². The molecule has 2 aromatic carbocycles. The quantitative estimate of drug-likeness (QED) is 0.680. The zero-order chi connectivity index (χ0) is 15.9. The van der Waals surface area contributed by atoms with E-state index in [1.807, 2.05) is 63.2 Å². The van der Waals surface area contributed by atoms with Crippen LogP contribution < -0.4 is 10.2 Å². The molecule has 0 radical (unpaired) electrons. The second-order valence-corrected chi connectivity index (χ2v) is 5.21. The van der Waals surface area contributed by atoms with E-state index in [4.69, 9.17) is 4.74 Å². The van der Waals surface area contributed by atoms with Crippen LogP contribution in [0.1, 0.15) is 22.3 Å². The number of ether oxygens (including phenoxy) is 1. The Balaban J connectivity index is 1.86. The van der Waals surface area contributed by atoms with Crippen molar-refractivity contribution in [3.05, 3.63) is 64.7 Å². The molecule has 4 heteroatoms. The van der Waals surface area contributed by atoms with Crippen LogP contribution in [-0.4, -0.2) is 18.7 Å². The molecule has 2 aromatic rings. The van der Waals surface area contributed by atoms with Crippen molar-refractivity contribution in [2.24, 2.45) is 5.10 Å². The van der Waals surface area contributed by atoms with E-state index in [2.05, 4.69) is 10.5 Å². The van der Waals surface area contributed by atoms with Crippen LogP contribution in [-0.2, 0) is 4.79 Å². The van der Waals surface area contributed by atoms with Gasteiger partial charge in [-0.25, -0.2) is 5.43 Å². The molecule has 0 aromatic heterocycles. The van der Waals surface area contributed by atoms with Crippen molar-refractivity contribution in [1.82, 2.24) is 5.43 Å². The van der Waals surface area contributed by atoms with Crippen LogP contribution in [0.2, 0.25) is 0 Å². The van der Waals surface area contributed by atoms with Gasteiger partial charge in [-0.1, -0.05) is 36.4 Å². The Hall–Kier alpha value is -2.62. The van der Waals surface area contributed by atoms with E-state index < -0.39 is 0 Å². The molecule has 1 N–H and O–H groups in total. The number of amides is 1. The average molecular weight is 296 g/mol. The van der Waals surface area contributed by atoms with E-state index in [9.17, 15) is 4.79 Å². The molecule has 0 heterocycles. The molecule has 114 valence electrons. The molecule has 0 saturated heterocycles. The number of nitrogens with zero attached hydrogens (tertiary/aromatic N) is 1. The summed E-state index contributed by atoms with van der Waals surface area (Å²) in [4.78, 5) is 11.7. The Kier molecular flexibility index (Phi) is 5.31. The Morgan fingerprint density at radius 1 is 1.14 bits per heavy atom. The zero-order valence-electron chi connectivity index (χ0n) is 13.1. The van der Waals surface area contributed by atoms with Crippen LogP contribution in [0, 0.1) is 20.8 Å². The zero-order valence-corrected chi connectivity index (χ0v) is 13.1. The highest BCUT2D eigenvalue weighted by Crippen LogP contribution is 2.18. The van der Waals surface area contributed by atoms with Crippen molar-refractivity contribution < 1.29 is 9.53 Å². The van der Waals surface area contributed by atoms with Gasteiger partial charge in [-0.2, -0.15) is 5.10 Å². The Bertz CT molecular complexity index is 693. The summed E-state index contributed by atoms with van der Waals surface area (Å²) >= 11 is 0. The highest BCUT2D eigenvalue weighted by Gasteiger charge is 2.04. The second kappa shape index (κ2) is 7.41. The maximum Gasteiger partial charge on any atom is 0.277 e. The predicted octanol–water partition coefficient (Wildman–Crippen LogP) is 3.14. The van der Waals surface area contributed by atoms with Crippen LogP contribution >= 0.6 is 0 Å². The average Bonchev–Trinajstić information content (AvgIpc) is 2.50. The molecule has 0 unspecified atom stereocenters. The first-order valence-corrected chi connectivity index (χ1v) is 7.14. The van der Waals surface area contributed by atoms with Gasteiger partial charge in [-0.15, -0.1) is 0 Å². The molecule has 1 amide bonds. The number of aryl methyl sites for hydroxylation is 3. The van der Waals surface area contributed by atoms with E-state index >= 15 is 0 Å². The molecular formula is C18H20N2O2. The summed E-state index contributed by atoms with van der Waals surface area (Å²) in [5.41, 5.74) is 6.64. The van der Waals surface area contributed by atoms with Gasteiger partial charge in [0, 0.05) is 0 Å². The molecule has 0 aliphatic rings. The number of hydrogen-bond donors (Lipinski definition) is 1. The fraction of sp³-hybridized carbons (Fsp3) is 0.222. The Labute approximate surface area is 130 Å². The third-order valence-corrected chi connectivity index (χ3v) is 3.28. The van der Waals surface area contributed by atoms with Gasteiger partial charge < -0.3 is 4.74 Å². The first-order valence-electron chi connectivity index (χ1n) is 7.14. The van der Waals surface area contributed by atoms with E-state index in [1.165, 1.54) is 0 Å². The lowest BCUT2D eigenvalue weighted by Gasteiger charge is -2.08. The molecule has 0 aliphatic carbocycles. The monoisotopic (exact) mass is 296 g/mol. The Morgan fingerprint density at radius 3 is 2.68 bits per heavy atom. The van der Waals surface area contributed by atoms with Gasteiger partial charge in [-0.05, 0) is 49.1 Å². The molecule has 0 fully saturated rings. The van der Waals surface area contributed by atoms with Crippen LogP contribution in [0.5, 0.6) is 5.75 Å². The predicted molar refractivity (Wildman–Crippen MR) is 88.3 cm³/mol. The molecule has 0 bridgehead atoms. The van der Waals surface area contributed by atoms with Gasteiger partial charge >= 0.3 is 0 Å². The second-order valence-electron chi connectivity index (χ2n) is 5.21. The van der Waals surface area contributed by atoms with Gasteiger partial charge in [0.25, 0.3) is 5.91 Å². The fourth-order valence-corrected chi connectivity index (χ4v) is 1.94. The van der Waals surface area contributed by atoms with Crippen molar-refractivity contribution in [2.45, 2.75) is 20.8 Å². The summed E-state index contributed by atoms with van der Waals surface area (Å²) in [7, 11) is 0. The summed E-state index contributed by atoms with van der Waals surface area (Å²) in [5.74, 6) is 0.434. The molecule has 0 aliphatic heterocycles. The molecule has 0 atom stereocenters. The standard InChI is InChI=1S/C18H20N2O2/c1-13-8-9-15(3)17(10-13)22-12-18(21)20-19-11-16-7-5-4-6-14(16)2/h4-11H,12H2,1-3H3,(H,20,21)/b19-11+. The SMILES string of the molecule is Cc1ccc(C)c(OCC(=O)N/N=C/c2ccccc2C)c1. The summed E-state index contributed by atoms with van der Waals surface area (Å²) in [5, 5.41) is 3.95. The van der Waals surface area contributed by atoms with E-state index in [1.54, 1.807) is 6.21 Å². The van der Waals surface area contributed by atoms with Gasteiger partial charge in [-0.3, -0.25) is 4.79 Å². The fourth-order valence-electron chi connectivity index (χ4n) is 1.94. The Morgan fingerprint density at radius 2 is 1.91 bits per heavy atom. The normalized spacial score (nSPS) is 10.7. The minimum absolute atomic E-state index is 0.0601. The lowest BCUT2D eigenvalue weighted by atomic mass is 10.1. The van der Waals surface area contributed by atoms with Crippen molar-refractivity contribution in [3.8, 4) is 5.75 Å².